The molecule has 1 fully saturated rings. The highest BCUT2D eigenvalue weighted by molar-refractivity contribution is 5.57. The van der Waals surface area contributed by atoms with E-state index < -0.39 is 12.0 Å². The molecule has 32 heavy (non-hydrogen) atoms. The van der Waals surface area contributed by atoms with Crippen LogP contribution in [-0.2, 0) is 12.0 Å². The van der Waals surface area contributed by atoms with Crippen LogP contribution in [-0.4, -0.2) is 39.5 Å². The topological polar surface area (TPSA) is 71.4 Å². The highest BCUT2D eigenvalue weighted by Crippen LogP contribution is 2.36. The summed E-state index contributed by atoms with van der Waals surface area (Å²) in [5.41, 5.74) is 0.940. The summed E-state index contributed by atoms with van der Waals surface area (Å²) in [5, 5.41) is 11.2. The Morgan fingerprint density at radius 2 is 1.78 bits per heavy atom. The van der Waals surface area contributed by atoms with Gasteiger partial charge in [-0.3, -0.25) is 4.98 Å². The van der Waals surface area contributed by atoms with Crippen molar-refractivity contribution in [2.24, 2.45) is 0 Å². The molecule has 0 unspecified atom stereocenters. The van der Waals surface area contributed by atoms with Crippen molar-refractivity contribution >= 4 is 5.82 Å². The minimum absolute atomic E-state index is 0.337. The molecule has 4 rings (SSSR count). The number of anilines is 1. The van der Waals surface area contributed by atoms with Crippen LogP contribution in [0.3, 0.4) is 0 Å². The van der Waals surface area contributed by atoms with E-state index in [1.54, 1.807) is 18.5 Å². The smallest absolute Gasteiger partial charge is 0.406 e. The van der Waals surface area contributed by atoms with E-state index in [1.807, 2.05) is 25.1 Å². The van der Waals surface area contributed by atoms with Gasteiger partial charge in [-0.2, -0.15) is 0 Å². The molecule has 2 aromatic heterocycles. The Hall–Kier alpha value is -3.20. The number of pyridine rings is 1. The third-order valence-corrected chi connectivity index (χ3v) is 5.59. The van der Waals surface area contributed by atoms with Gasteiger partial charge in [0.05, 0.1) is 5.60 Å². The standard InChI is InChI=1S/C23H23F3N4O2/c1-2-18-15-20(29-21(28-18)16-6-10-27-11-7-16)30-12-8-22(31,9-13-30)17-4-3-5-19(14-17)32-23(24,25)26/h3-7,10-11,14-15,31H,2,8-9,12-13H2,1H3. The first kappa shape index (κ1) is 22.0. The Morgan fingerprint density at radius 1 is 1.06 bits per heavy atom. The van der Waals surface area contributed by atoms with E-state index >= 15 is 0 Å². The van der Waals surface area contributed by atoms with Crippen LogP contribution in [0.1, 0.15) is 31.0 Å². The second-order valence-corrected chi connectivity index (χ2v) is 7.72. The molecular weight excluding hydrogens is 421 g/mol. The number of hydrogen-bond acceptors (Lipinski definition) is 6. The first-order chi connectivity index (χ1) is 15.3. The Bertz CT molecular complexity index is 1070. The van der Waals surface area contributed by atoms with E-state index in [0.717, 1.165) is 23.5 Å². The zero-order valence-corrected chi connectivity index (χ0v) is 17.5. The van der Waals surface area contributed by atoms with Gasteiger partial charge in [0.1, 0.15) is 11.6 Å². The van der Waals surface area contributed by atoms with E-state index in [1.165, 1.54) is 18.2 Å². The number of aryl methyl sites for hydroxylation is 1. The highest BCUT2D eigenvalue weighted by atomic mass is 19.4. The van der Waals surface area contributed by atoms with Crippen LogP contribution in [0.2, 0.25) is 0 Å². The average Bonchev–Trinajstić information content (AvgIpc) is 2.79. The number of hydrogen-bond donors (Lipinski definition) is 1. The first-order valence-electron chi connectivity index (χ1n) is 10.4. The molecular formula is C23H23F3N4O2. The van der Waals surface area contributed by atoms with Gasteiger partial charge in [0.2, 0.25) is 0 Å². The van der Waals surface area contributed by atoms with Gasteiger partial charge in [-0.25, -0.2) is 9.97 Å². The number of aromatic nitrogens is 3. The molecule has 9 heteroatoms. The van der Waals surface area contributed by atoms with E-state index in [-0.39, 0.29) is 5.75 Å². The van der Waals surface area contributed by atoms with Gasteiger partial charge >= 0.3 is 6.36 Å². The maximum Gasteiger partial charge on any atom is 0.573 e. The van der Waals surface area contributed by atoms with Gasteiger partial charge in [-0.1, -0.05) is 19.1 Å². The van der Waals surface area contributed by atoms with Crippen LogP contribution in [0.4, 0.5) is 19.0 Å². The van der Waals surface area contributed by atoms with Crippen LogP contribution in [0.15, 0.2) is 54.9 Å². The Morgan fingerprint density at radius 3 is 2.44 bits per heavy atom. The zero-order valence-electron chi connectivity index (χ0n) is 17.5. The normalized spacial score (nSPS) is 16.1. The summed E-state index contributed by atoms with van der Waals surface area (Å²) in [5.74, 6) is 1.04. The summed E-state index contributed by atoms with van der Waals surface area (Å²) in [6.07, 6.45) is 0.0405. The van der Waals surface area contributed by atoms with Crippen molar-refractivity contribution in [1.29, 1.82) is 0 Å². The largest absolute Gasteiger partial charge is 0.573 e. The SMILES string of the molecule is CCc1cc(N2CCC(O)(c3cccc(OC(F)(F)F)c3)CC2)nc(-c2ccncc2)n1. The van der Waals surface area contributed by atoms with Gasteiger partial charge in [-0.15, -0.1) is 13.2 Å². The van der Waals surface area contributed by atoms with E-state index in [2.05, 4.69) is 19.6 Å². The van der Waals surface area contributed by atoms with Gasteiger partial charge in [0.15, 0.2) is 5.82 Å². The van der Waals surface area contributed by atoms with Crippen molar-refractivity contribution in [2.45, 2.75) is 38.1 Å². The maximum absolute atomic E-state index is 12.6. The summed E-state index contributed by atoms with van der Waals surface area (Å²) in [4.78, 5) is 15.4. The fraction of sp³-hybridized carbons (Fsp3) is 0.348. The molecule has 0 spiro atoms. The third kappa shape index (κ3) is 4.99. The molecule has 0 aliphatic carbocycles. The minimum atomic E-state index is -4.78. The van der Waals surface area contributed by atoms with Crippen LogP contribution in [0, 0.1) is 0 Å². The Kier molecular flexibility index (Phi) is 6.01. The molecule has 6 nitrogen and oxygen atoms in total. The molecule has 168 valence electrons. The van der Waals surface area contributed by atoms with Crippen molar-refractivity contribution in [1.82, 2.24) is 15.0 Å². The molecule has 3 heterocycles. The number of halogens is 3. The van der Waals surface area contributed by atoms with Gasteiger partial charge in [0, 0.05) is 42.8 Å². The molecule has 1 saturated heterocycles. The highest BCUT2D eigenvalue weighted by Gasteiger charge is 2.36. The Balaban J connectivity index is 1.53. The molecule has 0 atom stereocenters. The van der Waals surface area contributed by atoms with Crippen LogP contribution < -0.4 is 9.64 Å². The molecule has 1 aliphatic rings. The fourth-order valence-electron chi connectivity index (χ4n) is 3.83. The van der Waals surface area contributed by atoms with Crippen molar-refractivity contribution in [3.05, 3.63) is 66.1 Å². The number of ether oxygens (including phenoxy) is 1. The fourth-order valence-corrected chi connectivity index (χ4v) is 3.83. The number of aliphatic hydroxyl groups is 1. The maximum atomic E-state index is 12.6. The Labute approximate surface area is 183 Å². The second kappa shape index (κ2) is 8.74. The second-order valence-electron chi connectivity index (χ2n) is 7.72. The zero-order chi connectivity index (χ0) is 22.8. The summed E-state index contributed by atoms with van der Waals surface area (Å²) in [6.45, 7) is 3.01. The third-order valence-electron chi connectivity index (χ3n) is 5.59. The quantitative estimate of drug-likeness (QED) is 0.625. The first-order valence-corrected chi connectivity index (χ1v) is 10.4. The van der Waals surface area contributed by atoms with E-state index in [0.29, 0.717) is 37.3 Å². The molecule has 0 amide bonds. The number of piperidine rings is 1. The molecule has 3 aromatic rings. The predicted molar refractivity (Wildman–Crippen MR) is 113 cm³/mol. The van der Waals surface area contributed by atoms with Crippen LogP contribution in [0.25, 0.3) is 11.4 Å². The lowest BCUT2D eigenvalue weighted by molar-refractivity contribution is -0.274. The number of alkyl halides is 3. The van der Waals surface area contributed by atoms with Gasteiger partial charge in [-0.05, 0) is 49.1 Å². The van der Waals surface area contributed by atoms with E-state index in [4.69, 9.17) is 4.98 Å². The van der Waals surface area contributed by atoms with Crippen LogP contribution in [0.5, 0.6) is 5.75 Å². The molecule has 0 radical (unpaired) electrons. The van der Waals surface area contributed by atoms with Crippen molar-refractivity contribution in [2.75, 3.05) is 18.0 Å². The van der Waals surface area contributed by atoms with Crippen molar-refractivity contribution < 1.29 is 23.0 Å². The molecule has 1 N–H and O–H groups in total. The summed E-state index contributed by atoms with van der Waals surface area (Å²) >= 11 is 0. The lowest BCUT2D eigenvalue weighted by Gasteiger charge is -2.39. The molecule has 0 bridgehead atoms. The summed E-state index contributed by atoms with van der Waals surface area (Å²) in [7, 11) is 0. The van der Waals surface area contributed by atoms with Gasteiger partial charge < -0.3 is 14.7 Å². The van der Waals surface area contributed by atoms with Gasteiger partial charge in [0.25, 0.3) is 0 Å². The number of nitrogens with zero attached hydrogens (tertiary/aromatic N) is 4. The molecule has 0 saturated carbocycles. The van der Waals surface area contributed by atoms with E-state index in [9.17, 15) is 18.3 Å². The lowest BCUT2D eigenvalue weighted by Crippen LogP contribution is -2.43. The molecule has 1 aromatic carbocycles. The van der Waals surface area contributed by atoms with Crippen molar-refractivity contribution in [3.63, 3.8) is 0 Å². The van der Waals surface area contributed by atoms with Crippen molar-refractivity contribution in [3.8, 4) is 17.1 Å². The number of benzene rings is 1. The monoisotopic (exact) mass is 444 g/mol. The summed E-state index contributed by atoms with van der Waals surface area (Å²) in [6, 6.07) is 11.2. The summed E-state index contributed by atoms with van der Waals surface area (Å²) < 4.78 is 41.7. The number of rotatable bonds is 5. The molecule has 1 aliphatic heterocycles. The van der Waals surface area contributed by atoms with Crippen LogP contribution >= 0.6 is 0 Å². The predicted octanol–water partition coefficient (Wildman–Crippen LogP) is 4.49. The lowest BCUT2D eigenvalue weighted by atomic mass is 9.84. The average molecular weight is 444 g/mol. The minimum Gasteiger partial charge on any atom is -0.406 e.